The van der Waals surface area contributed by atoms with E-state index in [0.717, 1.165) is 29.3 Å². The van der Waals surface area contributed by atoms with Gasteiger partial charge in [0.05, 0.1) is 18.0 Å². The van der Waals surface area contributed by atoms with Crippen LogP contribution in [0.1, 0.15) is 23.6 Å². The Hall–Kier alpha value is -1.64. The first-order valence-electron chi connectivity index (χ1n) is 9.26. The van der Waals surface area contributed by atoms with Gasteiger partial charge in [-0.2, -0.15) is 0 Å². The van der Waals surface area contributed by atoms with Crippen LogP contribution in [-0.2, 0) is 12.8 Å². The zero-order chi connectivity index (χ0) is 20.3. The molecule has 4 N–H and O–H groups in total. The lowest BCUT2D eigenvalue weighted by Crippen LogP contribution is -2.55. The molecule has 5 atom stereocenters. The molecule has 1 saturated heterocycles. The van der Waals surface area contributed by atoms with Crippen molar-refractivity contribution in [1.29, 1.82) is 0 Å². The van der Waals surface area contributed by atoms with Gasteiger partial charge >= 0.3 is 0 Å². The minimum atomic E-state index is -1.46. The van der Waals surface area contributed by atoms with E-state index >= 15 is 0 Å². The monoisotopic (exact) mass is 408 g/mol. The number of aryl methyl sites for hydroxylation is 1. The van der Waals surface area contributed by atoms with E-state index in [0.29, 0.717) is 6.42 Å². The van der Waals surface area contributed by atoms with Crippen molar-refractivity contribution in [2.45, 2.75) is 48.8 Å². The summed E-state index contributed by atoms with van der Waals surface area (Å²) in [6.07, 6.45) is -2.64. The second kappa shape index (κ2) is 9.24. The van der Waals surface area contributed by atoms with E-state index < -0.39 is 34.8 Å². The summed E-state index contributed by atoms with van der Waals surface area (Å²) in [5.74, 6) is -0.217. The van der Waals surface area contributed by atoms with Gasteiger partial charge in [-0.3, -0.25) is 0 Å². The van der Waals surface area contributed by atoms with E-state index in [4.69, 9.17) is 4.74 Å². The summed E-state index contributed by atoms with van der Waals surface area (Å²) in [6.45, 7) is 1.70. The van der Waals surface area contributed by atoms with Gasteiger partial charge in [-0.25, -0.2) is 4.39 Å². The van der Waals surface area contributed by atoms with E-state index in [9.17, 15) is 24.8 Å². The van der Waals surface area contributed by atoms with E-state index in [1.807, 2.05) is 24.3 Å². The Morgan fingerprint density at radius 2 is 1.64 bits per heavy atom. The predicted molar refractivity (Wildman–Crippen MR) is 106 cm³/mol. The van der Waals surface area contributed by atoms with Crippen LogP contribution in [0.2, 0.25) is 0 Å². The van der Waals surface area contributed by atoms with Crippen LogP contribution in [0.4, 0.5) is 4.39 Å². The lowest BCUT2D eigenvalue weighted by atomic mass is 10.0. The number of hydrogen-bond acceptors (Lipinski definition) is 6. The molecule has 1 aliphatic heterocycles. The van der Waals surface area contributed by atoms with Crippen molar-refractivity contribution in [3.8, 4) is 5.75 Å². The van der Waals surface area contributed by atoms with Crippen LogP contribution in [0.15, 0.2) is 42.5 Å². The summed E-state index contributed by atoms with van der Waals surface area (Å²) in [6, 6.07) is 12.3. The zero-order valence-electron chi connectivity index (χ0n) is 15.5. The molecule has 0 radical (unpaired) electrons. The Labute approximate surface area is 167 Å². The first-order chi connectivity index (χ1) is 13.4. The molecule has 5 unspecified atom stereocenters. The van der Waals surface area contributed by atoms with Gasteiger partial charge in [0, 0.05) is 12.5 Å². The van der Waals surface area contributed by atoms with Crippen LogP contribution in [0.5, 0.6) is 5.75 Å². The molecule has 0 spiro atoms. The lowest BCUT2D eigenvalue weighted by molar-refractivity contribution is -0.0910. The molecule has 2 aromatic carbocycles. The number of ether oxygens (including phenoxy) is 1. The Bertz CT molecular complexity index is 783. The molecule has 0 saturated carbocycles. The largest absolute Gasteiger partial charge is 0.477 e. The molecule has 3 rings (SSSR count). The topological polar surface area (TPSA) is 90.2 Å². The van der Waals surface area contributed by atoms with Crippen molar-refractivity contribution in [2.75, 3.05) is 6.61 Å². The van der Waals surface area contributed by atoms with Crippen LogP contribution in [-0.4, -0.2) is 56.0 Å². The fourth-order valence-electron chi connectivity index (χ4n) is 3.19. The van der Waals surface area contributed by atoms with Crippen LogP contribution in [0.25, 0.3) is 0 Å². The summed E-state index contributed by atoms with van der Waals surface area (Å²) in [7, 11) is 0. The molecule has 0 aromatic heterocycles. The van der Waals surface area contributed by atoms with E-state index in [-0.39, 0.29) is 12.4 Å². The highest BCUT2D eigenvalue weighted by atomic mass is 32.2. The van der Waals surface area contributed by atoms with Gasteiger partial charge in [-0.1, -0.05) is 37.3 Å². The molecule has 28 heavy (non-hydrogen) atoms. The second-order valence-electron chi connectivity index (χ2n) is 6.91. The van der Waals surface area contributed by atoms with Gasteiger partial charge in [0.15, 0.2) is 5.44 Å². The molecule has 5 nitrogen and oxygen atoms in total. The van der Waals surface area contributed by atoms with E-state index in [1.165, 1.54) is 17.7 Å². The maximum atomic E-state index is 13.8. The molecular formula is C21H25FO5S. The number of hydrogen-bond donors (Lipinski definition) is 4. The number of halogens is 1. The molecule has 1 heterocycles. The molecule has 152 valence electrons. The second-order valence-corrected chi connectivity index (χ2v) is 8.26. The third-order valence-corrected chi connectivity index (χ3v) is 6.37. The van der Waals surface area contributed by atoms with Crippen LogP contribution < -0.4 is 4.74 Å². The summed E-state index contributed by atoms with van der Waals surface area (Å²) >= 11 is 1.02. The number of aliphatic hydroxyl groups is 4. The average Bonchev–Trinajstić information content (AvgIpc) is 2.71. The van der Waals surface area contributed by atoms with Crippen molar-refractivity contribution in [3.05, 3.63) is 65.0 Å². The first-order valence-corrected chi connectivity index (χ1v) is 10.2. The zero-order valence-corrected chi connectivity index (χ0v) is 16.3. The number of rotatable bonds is 6. The van der Waals surface area contributed by atoms with Gasteiger partial charge in [0.2, 0.25) is 0 Å². The maximum absolute atomic E-state index is 13.8. The van der Waals surface area contributed by atoms with Gasteiger partial charge in [-0.15, -0.1) is 11.8 Å². The van der Waals surface area contributed by atoms with Gasteiger partial charge in [0.1, 0.15) is 23.8 Å². The predicted octanol–water partition coefficient (Wildman–Crippen LogP) is 1.87. The molecule has 0 aliphatic carbocycles. The van der Waals surface area contributed by atoms with Gasteiger partial charge in [-0.05, 0) is 29.2 Å². The Balaban J connectivity index is 1.82. The highest BCUT2D eigenvalue weighted by molar-refractivity contribution is 8.00. The molecule has 0 amide bonds. The highest BCUT2D eigenvalue weighted by Gasteiger charge is 2.44. The van der Waals surface area contributed by atoms with Crippen LogP contribution in [0.3, 0.4) is 0 Å². The van der Waals surface area contributed by atoms with Crippen molar-refractivity contribution < 1.29 is 29.6 Å². The number of benzene rings is 2. The summed E-state index contributed by atoms with van der Waals surface area (Å²) < 4.78 is 19.7. The minimum absolute atomic E-state index is 0.261. The SMILES string of the molecule is CCc1ccc(Cc2ccc(F)cc2OC2SC(CO)C(O)C(O)C2O)cc1. The third kappa shape index (κ3) is 4.67. The van der Waals surface area contributed by atoms with Crippen molar-refractivity contribution >= 4 is 11.8 Å². The molecule has 7 heteroatoms. The van der Waals surface area contributed by atoms with Gasteiger partial charge < -0.3 is 25.2 Å². The first kappa shape index (κ1) is 21.1. The van der Waals surface area contributed by atoms with Gasteiger partial charge in [0.25, 0.3) is 0 Å². The normalized spacial score (nSPS) is 27.6. The summed E-state index contributed by atoms with van der Waals surface area (Å²) in [4.78, 5) is 0. The number of aliphatic hydroxyl groups excluding tert-OH is 4. The van der Waals surface area contributed by atoms with E-state index in [2.05, 4.69) is 6.92 Å². The number of thioether (sulfide) groups is 1. The summed E-state index contributed by atoms with van der Waals surface area (Å²) in [5.41, 5.74) is 2.05. The maximum Gasteiger partial charge on any atom is 0.173 e. The van der Waals surface area contributed by atoms with Crippen molar-refractivity contribution in [1.82, 2.24) is 0 Å². The molecule has 1 aliphatic rings. The summed E-state index contributed by atoms with van der Waals surface area (Å²) in [5, 5.41) is 38.9. The smallest absolute Gasteiger partial charge is 0.173 e. The standard InChI is InChI=1S/C21H25FO5S/c1-2-12-3-5-13(6-4-12)9-14-7-8-15(22)10-16(14)27-21-20(26)19(25)18(24)17(11-23)28-21/h3-8,10,17-21,23-26H,2,9,11H2,1H3. The van der Waals surface area contributed by atoms with Crippen molar-refractivity contribution in [2.24, 2.45) is 0 Å². The van der Waals surface area contributed by atoms with E-state index in [1.54, 1.807) is 6.07 Å². The molecule has 1 fully saturated rings. The van der Waals surface area contributed by atoms with Crippen LogP contribution in [0, 0.1) is 5.82 Å². The molecule has 0 bridgehead atoms. The third-order valence-electron chi connectivity index (χ3n) is 4.95. The lowest BCUT2D eigenvalue weighted by Gasteiger charge is -2.39. The molecular weight excluding hydrogens is 383 g/mol. The Kier molecular flexibility index (Phi) is 6.95. The Morgan fingerprint density at radius 3 is 2.29 bits per heavy atom. The fourth-order valence-corrected chi connectivity index (χ4v) is 4.42. The average molecular weight is 408 g/mol. The minimum Gasteiger partial charge on any atom is -0.477 e. The Morgan fingerprint density at radius 1 is 0.964 bits per heavy atom. The quantitative estimate of drug-likeness (QED) is 0.584. The van der Waals surface area contributed by atoms with Crippen LogP contribution >= 0.6 is 11.8 Å². The van der Waals surface area contributed by atoms with Crippen molar-refractivity contribution in [3.63, 3.8) is 0 Å². The fraction of sp³-hybridized carbons (Fsp3) is 0.429. The highest BCUT2D eigenvalue weighted by Crippen LogP contribution is 2.35. The molecule has 2 aromatic rings.